The number of nitrogens with zero attached hydrogens (tertiary/aromatic N) is 2. The highest BCUT2D eigenvalue weighted by atomic mass is 16.6. The maximum Gasteiger partial charge on any atom is 0.329 e. The monoisotopic (exact) mass is 906 g/mol. The minimum Gasteiger partial charge on any atom is -0.497 e. The summed E-state index contributed by atoms with van der Waals surface area (Å²) in [7, 11) is 1.59. The molecule has 6 aromatic rings. The number of imide groups is 1. The van der Waals surface area contributed by atoms with Crippen LogP contribution in [0.5, 0.6) is 11.5 Å². The number of hydrogen-bond acceptors (Lipinski definition) is 9. The Morgan fingerprint density at radius 1 is 0.794 bits per heavy atom. The van der Waals surface area contributed by atoms with Crippen LogP contribution >= 0.6 is 0 Å². The van der Waals surface area contributed by atoms with Gasteiger partial charge >= 0.3 is 12.0 Å². The quantitative estimate of drug-likeness (QED) is 0.0634. The Kier molecular flexibility index (Phi) is 12.9. The van der Waals surface area contributed by atoms with Crippen LogP contribution in [0.25, 0.3) is 0 Å². The van der Waals surface area contributed by atoms with Gasteiger partial charge in [-0.2, -0.15) is 0 Å². The molecule has 0 aliphatic carbocycles. The van der Waals surface area contributed by atoms with Crippen molar-refractivity contribution in [3.63, 3.8) is 0 Å². The van der Waals surface area contributed by atoms with E-state index >= 15 is 19.2 Å². The van der Waals surface area contributed by atoms with Gasteiger partial charge in [0, 0.05) is 17.7 Å². The number of carbonyl (C=O) groups excluding carboxylic acids is 4. The first-order chi connectivity index (χ1) is 33.2. The average Bonchev–Trinajstić information content (AvgIpc) is 3.84. The van der Waals surface area contributed by atoms with Gasteiger partial charge in [-0.3, -0.25) is 19.3 Å². The average molecular weight is 907 g/mol. The van der Waals surface area contributed by atoms with Gasteiger partial charge in [0.1, 0.15) is 35.7 Å². The number of rotatable bonds is 12. The van der Waals surface area contributed by atoms with Crippen molar-refractivity contribution in [1.82, 2.24) is 15.5 Å². The highest BCUT2D eigenvalue weighted by molar-refractivity contribution is 6.24. The zero-order valence-electron chi connectivity index (χ0n) is 37.6. The van der Waals surface area contributed by atoms with Gasteiger partial charge in [-0.25, -0.2) is 9.69 Å². The van der Waals surface area contributed by atoms with Crippen LogP contribution in [0.3, 0.4) is 0 Å². The molecular weight excluding hydrogens is 857 g/mol. The van der Waals surface area contributed by atoms with Crippen molar-refractivity contribution in [1.29, 1.82) is 0 Å². The molecule has 6 aromatic carbocycles. The maximum atomic E-state index is 16.5. The summed E-state index contributed by atoms with van der Waals surface area (Å²) in [5.74, 6) is 3.98. The zero-order valence-corrected chi connectivity index (χ0v) is 37.6. The second kappa shape index (κ2) is 19.5. The number of amides is 4. The first-order valence-corrected chi connectivity index (χ1v) is 22.5. The summed E-state index contributed by atoms with van der Waals surface area (Å²) in [6.45, 7) is 5.42. The van der Waals surface area contributed by atoms with Crippen LogP contribution in [-0.2, 0) is 24.5 Å². The van der Waals surface area contributed by atoms with E-state index in [0.717, 1.165) is 16.0 Å². The number of benzene rings is 6. The molecule has 7 atom stereocenters. The summed E-state index contributed by atoms with van der Waals surface area (Å²) in [4.78, 5) is 65.4. The highest BCUT2D eigenvalue weighted by Crippen LogP contribution is 2.66. The maximum absolute atomic E-state index is 16.5. The Morgan fingerprint density at radius 3 is 2.12 bits per heavy atom. The number of ether oxygens (including phenoxy) is 3. The van der Waals surface area contributed by atoms with Crippen LogP contribution in [-0.4, -0.2) is 66.7 Å². The number of cyclic esters (lactones) is 1. The lowest BCUT2D eigenvalue weighted by atomic mass is 9.65. The molecule has 2 fully saturated rings. The number of morpholine rings is 1. The Morgan fingerprint density at radius 2 is 1.44 bits per heavy atom. The lowest BCUT2D eigenvalue weighted by Gasteiger charge is -2.46. The van der Waals surface area contributed by atoms with E-state index in [1.807, 2.05) is 133 Å². The first kappa shape index (κ1) is 45.2. The number of hydrogen-bond donors (Lipinski definition) is 3. The van der Waals surface area contributed by atoms with Crippen molar-refractivity contribution in [2.24, 2.45) is 5.92 Å². The molecule has 0 bridgehead atoms. The summed E-state index contributed by atoms with van der Waals surface area (Å²) in [5, 5.41) is 15.8. The van der Waals surface area contributed by atoms with Crippen LogP contribution in [0.2, 0.25) is 0 Å². The van der Waals surface area contributed by atoms with E-state index in [1.165, 1.54) is 6.08 Å². The van der Waals surface area contributed by atoms with Gasteiger partial charge in [-0.15, -0.1) is 6.58 Å². The molecule has 3 heterocycles. The van der Waals surface area contributed by atoms with Crippen LogP contribution in [0.1, 0.15) is 70.1 Å². The summed E-state index contributed by atoms with van der Waals surface area (Å²) in [6, 6.07) is 43.3. The number of esters is 1. The van der Waals surface area contributed by atoms with Crippen LogP contribution < -0.4 is 25.0 Å². The molecule has 1 spiro atoms. The first-order valence-electron chi connectivity index (χ1n) is 22.5. The minimum absolute atomic E-state index is 0.0151. The molecule has 0 aromatic heterocycles. The third-order valence-corrected chi connectivity index (χ3v) is 13.0. The molecule has 0 radical (unpaired) electrons. The van der Waals surface area contributed by atoms with Gasteiger partial charge in [-0.1, -0.05) is 121 Å². The van der Waals surface area contributed by atoms with Gasteiger partial charge in [0.25, 0.3) is 0 Å². The summed E-state index contributed by atoms with van der Waals surface area (Å²) in [5.41, 5.74) is 2.51. The van der Waals surface area contributed by atoms with E-state index < -0.39 is 65.4 Å². The van der Waals surface area contributed by atoms with Crippen molar-refractivity contribution < 1.29 is 38.5 Å². The number of urea groups is 1. The SMILES string of the molecule is C=CCNC(=O)[C@@H]1[C@H]2C(=O)O[C@H](c3ccccc3)[C@H](c3ccccc3)N2[C@H](c2cccc(OCCO)c2)[C@@]12C(=O)N(C(=O)N[C@H](C)c1ccccc1)c1ccc(C#Cc3ccc(OC)cc3)cc12. The van der Waals surface area contributed by atoms with Crippen molar-refractivity contribution in [2.45, 2.75) is 42.6 Å². The molecule has 342 valence electrons. The van der Waals surface area contributed by atoms with Crippen molar-refractivity contribution >= 4 is 29.5 Å². The summed E-state index contributed by atoms with van der Waals surface area (Å²) in [6.07, 6.45) is 0.616. The minimum atomic E-state index is -2.01. The van der Waals surface area contributed by atoms with Crippen LogP contribution in [0.4, 0.5) is 10.5 Å². The predicted octanol–water partition coefficient (Wildman–Crippen LogP) is 7.90. The van der Waals surface area contributed by atoms with Crippen molar-refractivity contribution in [3.05, 3.63) is 209 Å². The van der Waals surface area contributed by atoms with E-state index in [-0.39, 0.29) is 25.4 Å². The zero-order chi connectivity index (χ0) is 47.4. The molecule has 9 rings (SSSR count). The summed E-state index contributed by atoms with van der Waals surface area (Å²) >= 11 is 0. The number of methoxy groups -OCH3 is 1. The Hall–Kier alpha value is -7.98. The topological polar surface area (TPSA) is 147 Å². The summed E-state index contributed by atoms with van der Waals surface area (Å²) < 4.78 is 17.9. The second-order valence-electron chi connectivity index (χ2n) is 16.9. The molecule has 12 heteroatoms. The number of aliphatic hydroxyl groups excluding tert-OH is 1. The number of fused-ring (bicyclic) bond motifs is 3. The molecule has 3 aliphatic rings. The third-order valence-electron chi connectivity index (χ3n) is 13.0. The number of nitrogens with one attached hydrogen (secondary N) is 2. The predicted molar refractivity (Wildman–Crippen MR) is 257 cm³/mol. The molecule has 3 aliphatic heterocycles. The molecule has 68 heavy (non-hydrogen) atoms. The lowest BCUT2D eigenvalue weighted by molar-refractivity contribution is -0.178. The molecule has 12 nitrogen and oxygen atoms in total. The van der Waals surface area contributed by atoms with E-state index in [9.17, 15) is 5.11 Å². The molecule has 0 unspecified atom stereocenters. The van der Waals surface area contributed by atoms with Gasteiger partial charge in [-0.05, 0) is 89.3 Å². The van der Waals surface area contributed by atoms with Crippen LogP contribution in [0.15, 0.2) is 170 Å². The van der Waals surface area contributed by atoms with Crippen LogP contribution in [0, 0.1) is 17.8 Å². The fraction of sp³-hybridized carbons (Fsp3) is 0.214. The Labute approximate surface area is 395 Å². The third kappa shape index (κ3) is 8.16. The Bertz CT molecular complexity index is 2900. The standard InChI is InChI=1S/C56H50N4O8/c1-4-31-57-52(62)47-49-53(63)68-50(41-19-12-7-13-20-41)48(40-17-10-6-11-18-40)60(49)51(42-21-14-22-44(35-42)67-33-32-61)56(47)45-34-38(24-23-37-25-28-43(66-3)29-26-37)27-30-46(45)59(54(56)64)55(65)58-36(2)39-15-8-5-9-16-39/h4-22,25-30,34-36,47-51,61H,1,31-33H2,2-3H3,(H,57,62)(H,58,65)/t36-,47+,48+,49+,50-,51-,56+/m1/s1. The van der Waals surface area contributed by atoms with Gasteiger partial charge in [0.2, 0.25) is 11.8 Å². The smallest absolute Gasteiger partial charge is 0.329 e. The van der Waals surface area contributed by atoms with Gasteiger partial charge < -0.3 is 30.0 Å². The highest BCUT2D eigenvalue weighted by Gasteiger charge is 2.75. The van der Waals surface area contributed by atoms with E-state index in [2.05, 4.69) is 29.1 Å². The fourth-order valence-electron chi connectivity index (χ4n) is 10.1. The molecule has 0 saturated carbocycles. The second-order valence-corrected chi connectivity index (χ2v) is 16.9. The molecule has 3 N–H and O–H groups in total. The van der Waals surface area contributed by atoms with Crippen molar-refractivity contribution in [2.75, 3.05) is 31.8 Å². The normalized spacial score (nSPS) is 21.9. The molecular formula is C56H50N4O8. The van der Waals surface area contributed by atoms with Gasteiger partial charge in [0.05, 0.1) is 43.4 Å². The molecule has 4 amide bonds. The van der Waals surface area contributed by atoms with Gasteiger partial charge in [0.15, 0.2) is 0 Å². The largest absolute Gasteiger partial charge is 0.497 e. The molecule has 2 saturated heterocycles. The number of anilines is 1. The fourth-order valence-corrected chi connectivity index (χ4v) is 10.1. The van der Waals surface area contributed by atoms with E-state index in [0.29, 0.717) is 39.3 Å². The van der Waals surface area contributed by atoms with E-state index in [1.54, 1.807) is 43.5 Å². The number of aliphatic hydroxyl groups is 1. The Balaban J connectivity index is 1.34. The lowest BCUT2D eigenvalue weighted by Crippen LogP contribution is -2.56. The number of carbonyl (C=O) groups is 4. The van der Waals surface area contributed by atoms with Crippen molar-refractivity contribution in [3.8, 4) is 23.3 Å². The van der Waals surface area contributed by atoms with E-state index in [4.69, 9.17) is 14.2 Å².